The van der Waals surface area contributed by atoms with Gasteiger partial charge in [-0.1, -0.05) is 27.2 Å². The standard InChI is InChI=1S/C8H13N3.C2H6/c1-3-4-7-5-10-8(9)11-6(7)2;1-2/h5H,3-4H2,1-2H3,(H2,9,10,11);1-2H3. The van der Waals surface area contributed by atoms with Gasteiger partial charge in [0, 0.05) is 11.9 Å². The highest BCUT2D eigenvalue weighted by Crippen LogP contribution is 2.06. The van der Waals surface area contributed by atoms with Gasteiger partial charge in [-0.05, 0) is 18.9 Å². The molecule has 0 spiro atoms. The zero-order valence-electron chi connectivity index (χ0n) is 8.96. The Labute approximate surface area is 80.4 Å². The van der Waals surface area contributed by atoms with Crippen molar-refractivity contribution in [3.63, 3.8) is 0 Å². The van der Waals surface area contributed by atoms with Crippen molar-refractivity contribution in [3.8, 4) is 0 Å². The van der Waals surface area contributed by atoms with Gasteiger partial charge in [-0.25, -0.2) is 9.97 Å². The molecule has 1 heterocycles. The van der Waals surface area contributed by atoms with Gasteiger partial charge in [0.2, 0.25) is 5.95 Å². The molecule has 0 fully saturated rings. The van der Waals surface area contributed by atoms with E-state index in [-0.39, 0.29) is 0 Å². The summed E-state index contributed by atoms with van der Waals surface area (Å²) >= 11 is 0. The van der Waals surface area contributed by atoms with Crippen molar-refractivity contribution < 1.29 is 0 Å². The summed E-state index contributed by atoms with van der Waals surface area (Å²) in [6, 6.07) is 0. The van der Waals surface area contributed by atoms with E-state index in [0.29, 0.717) is 5.95 Å². The van der Waals surface area contributed by atoms with Crippen LogP contribution in [0.3, 0.4) is 0 Å². The molecule has 0 aromatic carbocycles. The number of rotatable bonds is 2. The first-order valence-electron chi connectivity index (χ1n) is 4.82. The van der Waals surface area contributed by atoms with Gasteiger partial charge >= 0.3 is 0 Å². The normalized spacial score (nSPS) is 8.92. The Balaban J connectivity index is 0.000000671. The summed E-state index contributed by atoms with van der Waals surface area (Å²) in [5.41, 5.74) is 7.60. The van der Waals surface area contributed by atoms with E-state index < -0.39 is 0 Å². The minimum absolute atomic E-state index is 0.363. The fourth-order valence-electron chi connectivity index (χ4n) is 1.02. The van der Waals surface area contributed by atoms with E-state index >= 15 is 0 Å². The van der Waals surface area contributed by atoms with Crippen LogP contribution in [0.2, 0.25) is 0 Å². The first-order chi connectivity index (χ1) is 6.24. The van der Waals surface area contributed by atoms with Crippen LogP contribution in [0.15, 0.2) is 6.20 Å². The molecule has 0 aliphatic heterocycles. The Morgan fingerprint density at radius 1 is 1.38 bits per heavy atom. The molecule has 0 atom stereocenters. The first kappa shape index (κ1) is 11.9. The molecule has 3 nitrogen and oxygen atoms in total. The summed E-state index contributed by atoms with van der Waals surface area (Å²) in [5, 5.41) is 0. The third-order valence-corrected chi connectivity index (χ3v) is 1.62. The van der Waals surface area contributed by atoms with Crippen molar-refractivity contribution in [2.75, 3.05) is 5.73 Å². The average molecular weight is 181 g/mol. The molecule has 1 aromatic rings. The quantitative estimate of drug-likeness (QED) is 0.762. The fourth-order valence-corrected chi connectivity index (χ4v) is 1.02. The van der Waals surface area contributed by atoms with Crippen LogP contribution in [0.1, 0.15) is 38.4 Å². The Hall–Kier alpha value is -1.12. The minimum atomic E-state index is 0.363. The van der Waals surface area contributed by atoms with Crippen molar-refractivity contribution in [1.29, 1.82) is 0 Å². The molecule has 0 aliphatic rings. The van der Waals surface area contributed by atoms with Crippen LogP contribution in [0, 0.1) is 6.92 Å². The summed E-state index contributed by atoms with van der Waals surface area (Å²) in [6.07, 6.45) is 3.96. The van der Waals surface area contributed by atoms with Gasteiger partial charge in [-0.15, -0.1) is 0 Å². The molecule has 2 N–H and O–H groups in total. The predicted octanol–water partition coefficient (Wildman–Crippen LogP) is 2.35. The summed E-state index contributed by atoms with van der Waals surface area (Å²) in [5.74, 6) is 0.363. The third-order valence-electron chi connectivity index (χ3n) is 1.62. The van der Waals surface area contributed by atoms with Gasteiger partial charge in [0.05, 0.1) is 0 Å². The van der Waals surface area contributed by atoms with Crippen molar-refractivity contribution in [2.24, 2.45) is 0 Å². The van der Waals surface area contributed by atoms with Gasteiger partial charge in [0.25, 0.3) is 0 Å². The number of anilines is 1. The number of hydrogen-bond donors (Lipinski definition) is 1. The maximum absolute atomic E-state index is 5.40. The Bertz CT molecular complexity index is 246. The summed E-state index contributed by atoms with van der Waals surface area (Å²) in [4.78, 5) is 7.98. The summed E-state index contributed by atoms with van der Waals surface area (Å²) in [7, 11) is 0. The fraction of sp³-hybridized carbons (Fsp3) is 0.600. The van der Waals surface area contributed by atoms with Crippen LogP contribution >= 0.6 is 0 Å². The molecule has 0 amide bonds. The highest BCUT2D eigenvalue weighted by molar-refractivity contribution is 5.23. The van der Waals surface area contributed by atoms with Gasteiger partial charge in [-0.2, -0.15) is 0 Å². The lowest BCUT2D eigenvalue weighted by Crippen LogP contribution is -2.00. The Morgan fingerprint density at radius 2 is 2.00 bits per heavy atom. The zero-order valence-corrected chi connectivity index (χ0v) is 8.96. The van der Waals surface area contributed by atoms with Crippen LogP contribution < -0.4 is 5.73 Å². The second-order valence-corrected chi connectivity index (χ2v) is 2.59. The molecule has 1 aromatic heterocycles. The number of aryl methyl sites for hydroxylation is 2. The topological polar surface area (TPSA) is 51.8 Å². The van der Waals surface area contributed by atoms with Gasteiger partial charge in [-0.3, -0.25) is 0 Å². The maximum Gasteiger partial charge on any atom is 0.220 e. The van der Waals surface area contributed by atoms with Gasteiger partial charge in [0.15, 0.2) is 0 Å². The molecule has 3 heteroatoms. The molecule has 1 rings (SSSR count). The largest absolute Gasteiger partial charge is 0.368 e. The number of aromatic nitrogens is 2. The number of nitrogens with two attached hydrogens (primary N) is 1. The average Bonchev–Trinajstić information content (AvgIpc) is 2.14. The molecule has 0 radical (unpaired) electrons. The first-order valence-corrected chi connectivity index (χ1v) is 4.82. The highest BCUT2D eigenvalue weighted by atomic mass is 15.0. The van der Waals surface area contributed by atoms with Crippen LogP contribution in [0.25, 0.3) is 0 Å². The lowest BCUT2D eigenvalue weighted by molar-refractivity contribution is 0.886. The molecule has 0 saturated heterocycles. The molecule has 13 heavy (non-hydrogen) atoms. The molecule has 0 unspecified atom stereocenters. The summed E-state index contributed by atoms with van der Waals surface area (Å²) in [6.45, 7) is 8.10. The van der Waals surface area contributed by atoms with Crippen LogP contribution in [-0.4, -0.2) is 9.97 Å². The van der Waals surface area contributed by atoms with Crippen LogP contribution in [-0.2, 0) is 6.42 Å². The van der Waals surface area contributed by atoms with E-state index in [1.165, 1.54) is 5.56 Å². The molecule has 0 aliphatic carbocycles. The van der Waals surface area contributed by atoms with Crippen LogP contribution in [0.5, 0.6) is 0 Å². The molecule has 0 bridgehead atoms. The second-order valence-electron chi connectivity index (χ2n) is 2.59. The van der Waals surface area contributed by atoms with E-state index in [0.717, 1.165) is 18.5 Å². The van der Waals surface area contributed by atoms with Crippen molar-refractivity contribution in [3.05, 3.63) is 17.5 Å². The van der Waals surface area contributed by atoms with E-state index in [1.54, 1.807) is 6.20 Å². The Kier molecular flexibility index (Phi) is 5.85. The highest BCUT2D eigenvalue weighted by Gasteiger charge is 1.98. The lowest BCUT2D eigenvalue weighted by atomic mass is 10.1. The second kappa shape index (κ2) is 6.40. The van der Waals surface area contributed by atoms with Gasteiger partial charge in [0.1, 0.15) is 0 Å². The van der Waals surface area contributed by atoms with Crippen LogP contribution in [0.4, 0.5) is 5.95 Å². The van der Waals surface area contributed by atoms with Gasteiger partial charge < -0.3 is 5.73 Å². The SMILES string of the molecule is CC.CCCc1cnc(N)nc1C. The van der Waals surface area contributed by atoms with E-state index in [1.807, 2.05) is 20.8 Å². The summed E-state index contributed by atoms with van der Waals surface area (Å²) < 4.78 is 0. The maximum atomic E-state index is 5.40. The van der Waals surface area contributed by atoms with Crippen molar-refractivity contribution in [1.82, 2.24) is 9.97 Å². The third kappa shape index (κ3) is 3.87. The Morgan fingerprint density at radius 3 is 2.46 bits per heavy atom. The minimum Gasteiger partial charge on any atom is -0.368 e. The molecule has 74 valence electrons. The monoisotopic (exact) mass is 181 g/mol. The van der Waals surface area contributed by atoms with E-state index in [9.17, 15) is 0 Å². The predicted molar refractivity (Wildman–Crippen MR) is 56.5 cm³/mol. The van der Waals surface area contributed by atoms with Crippen molar-refractivity contribution in [2.45, 2.75) is 40.5 Å². The van der Waals surface area contributed by atoms with E-state index in [2.05, 4.69) is 16.9 Å². The number of nitrogens with zero attached hydrogens (tertiary/aromatic N) is 2. The molecule has 0 saturated carbocycles. The number of hydrogen-bond acceptors (Lipinski definition) is 3. The molecular formula is C10H19N3. The van der Waals surface area contributed by atoms with Crippen molar-refractivity contribution >= 4 is 5.95 Å². The van der Waals surface area contributed by atoms with E-state index in [4.69, 9.17) is 5.73 Å². The smallest absolute Gasteiger partial charge is 0.220 e. The molecular weight excluding hydrogens is 162 g/mol. The number of nitrogen functional groups attached to an aromatic ring is 1. The lowest BCUT2D eigenvalue weighted by Gasteiger charge is -2.01. The zero-order chi connectivity index (χ0) is 10.3.